The fourth-order valence-corrected chi connectivity index (χ4v) is 2.07. The van der Waals surface area contributed by atoms with Crippen LogP contribution >= 0.6 is 0 Å². The van der Waals surface area contributed by atoms with Gasteiger partial charge in [-0.2, -0.15) is 0 Å². The maximum Gasteiger partial charge on any atom is 0.0628 e. The number of pyridine rings is 1. The molecule has 0 amide bonds. The van der Waals surface area contributed by atoms with E-state index in [2.05, 4.69) is 41.3 Å². The lowest BCUT2D eigenvalue weighted by atomic mass is 10.2. The molecule has 0 bridgehead atoms. The van der Waals surface area contributed by atoms with Crippen LogP contribution in [0.1, 0.15) is 18.3 Å². The summed E-state index contributed by atoms with van der Waals surface area (Å²) in [6.45, 7) is 7.66. The number of hydrogen-bond acceptors (Lipinski definition) is 4. The summed E-state index contributed by atoms with van der Waals surface area (Å²) in [5, 5.41) is 3.42. The molecule has 0 saturated carbocycles. The molecule has 0 spiro atoms. The molecule has 1 heterocycles. The van der Waals surface area contributed by atoms with Gasteiger partial charge in [-0.1, -0.05) is 13.0 Å². The molecule has 0 aromatic carbocycles. The van der Waals surface area contributed by atoms with Gasteiger partial charge in [0.1, 0.15) is 0 Å². The van der Waals surface area contributed by atoms with Gasteiger partial charge in [0.05, 0.1) is 12.3 Å². The van der Waals surface area contributed by atoms with Gasteiger partial charge < -0.3 is 10.1 Å². The van der Waals surface area contributed by atoms with Gasteiger partial charge in [0.2, 0.25) is 0 Å². The van der Waals surface area contributed by atoms with Crippen LogP contribution < -0.4 is 5.32 Å². The number of nitrogens with zero attached hydrogens (tertiary/aromatic N) is 2. The summed E-state index contributed by atoms with van der Waals surface area (Å²) in [7, 11) is 3.86. The molecule has 1 N–H and O–H groups in total. The minimum absolute atomic E-state index is 0.370. The molecular weight excluding hydrogens is 226 g/mol. The summed E-state index contributed by atoms with van der Waals surface area (Å²) in [6.07, 6.45) is 0. The van der Waals surface area contributed by atoms with E-state index in [0.29, 0.717) is 6.04 Å². The quantitative estimate of drug-likeness (QED) is 0.759. The fourth-order valence-electron chi connectivity index (χ4n) is 2.07. The van der Waals surface area contributed by atoms with Crippen LogP contribution in [0.5, 0.6) is 0 Å². The summed E-state index contributed by atoms with van der Waals surface area (Å²) in [4.78, 5) is 6.79. The summed E-state index contributed by atoms with van der Waals surface area (Å²) >= 11 is 0. The highest BCUT2D eigenvalue weighted by Gasteiger charge is 2.10. The first kappa shape index (κ1) is 15.1. The highest BCUT2D eigenvalue weighted by atomic mass is 16.5. The third-order valence-electron chi connectivity index (χ3n) is 2.77. The van der Waals surface area contributed by atoms with E-state index in [9.17, 15) is 0 Å². The minimum atomic E-state index is 0.370. The number of rotatable bonds is 8. The standard InChI is InChI=1S/C14H25N3O/c1-5-15-14(11-18-4)10-17(3)9-13-8-6-7-12(2)16-13/h6-8,14-15H,5,9-11H2,1-4H3. The molecule has 0 aliphatic heterocycles. The molecule has 0 saturated heterocycles. The third kappa shape index (κ3) is 5.58. The van der Waals surface area contributed by atoms with Crippen LogP contribution in [0.25, 0.3) is 0 Å². The Bertz CT molecular complexity index is 338. The summed E-state index contributed by atoms with van der Waals surface area (Å²) in [5.74, 6) is 0. The molecule has 18 heavy (non-hydrogen) atoms. The molecule has 1 unspecified atom stereocenters. The molecule has 4 heteroatoms. The van der Waals surface area contributed by atoms with Crippen molar-refractivity contribution < 1.29 is 4.74 Å². The molecule has 0 radical (unpaired) electrons. The average Bonchev–Trinajstić information content (AvgIpc) is 2.29. The number of hydrogen-bond donors (Lipinski definition) is 1. The zero-order valence-corrected chi connectivity index (χ0v) is 11.9. The largest absolute Gasteiger partial charge is 0.383 e. The Balaban J connectivity index is 2.46. The minimum Gasteiger partial charge on any atom is -0.383 e. The second-order valence-corrected chi connectivity index (χ2v) is 4.68. The van der Waals surface area contributed by atoms with E-state index in [1.54, 1.807) is 7.11 Å². The number of aromatic nitrogens is 1. The van der Waals surface area contributed by atoms with Crippen molar-refractivity contribution in [2.75, 3.05) is 33.9 Å². The van der Waals surface area contributed by atoms with Crippen molar-refractivity contribution in [1.82, 2.24) is 15.2 Å². The van der Waals surface area contributed by atoms with Gasteiger partial charge in [0.15, 0.2) is 0 Å². The van der Waals surface area contributed by atoms with E-state index >= 15 is 0 Å². The second kappa shape index (κ2) is 8.19. The predicted octanol–water partition coefficient (Wildman–Crippen LogP) is 1.45. The van der Waals surface area contributed by atoms with Crippen LogP contribution in [0.3, 0.4) is 0 Å². The molecule has 0 aliphatic carbocycles. The van der Waals surface area contributed by atoms with Gasteiger partial charge in [-0.25, -0.2) is 0 Å². The number of aryl methyl sites for hydroxylation is 1. The monoisotopic (exact) mass is 251 g/mol. The van der Waals surface area contributed by atoms with Crippen LogP contribution in [0.2, 0.25) is 0 Å². The van der Waals surface area contributed by atoms with E-state index in [4.69, 9.17) is 4.74 Å². The Kier molecular flexibility index (Phi) is 6.86. The van der Waals surface area contributed by atoms with Gasteiger partial charge >= 0.3 is 0 Å². The molecule has 102 valence electrons. The maximum atomic E-state index is 5.22. The van der Waals surface area contributed by atoms with Crippen LogP contribution in [0, 0.1) is 6.92 Å². The van der Waals surface area contributed by atoms with Crippen molar-refractivity contribution in [2.45, 2.75) is 26.4 Å². The number of likely N-dealkylation sites (N-methyl/N-ethyl adjacent to an activating group) is 2. The van der Waals surface area contributed by atoms with Gasteiger partial charge in [-0.3, -0.25) is 9.88 Å². The summed E-state index contributed by atoms with van der Waals surface area (Å²) in [6, 6.07) is 6.52. The van der Waals surface area contributed by atoms with E-state index in [1.165, 1.54) is 0 Å². The predicted molar refractivity (Wildman–Crippen MR) is 74.6 cm³/mol. The summed E-state index contributed by atoms with van der Waals surface area (Å²) in [5.41, 5.74) is 2.19. The zero-order chi connectivity index (χ0) is 13.4. The highest BCUT2D eigenvalue weighted by molar-refractivity contribution is 5.09. The molecule has 0 aliphatic rings. The van der Waals surface area contributed by atoms with Crippen LogP contribution in [0.15, 0.2) is 18.2 Å². The van der Waals surface area contributed by atoms with Gasteiger partial charge in [0, 0.05) is 31.9 Å². The Hall–Kier alpha value is -0.970. The Morgan fingerprint density at radius 2 is 2.22 bits per heavy atom. The Morgan fingerprint density at radius 3 is 2.83 bits per heavy atom. The van der Waals surface area contributed by atoms with Crippen molar-refractivity contribution >= 4 is 0 Å². The topological polar surface area (TPSA) is 37.4 Å². The lowest BCUT2D eigenvalue weighted by Crippen LogP contribution is -2.42. The number of nitrogens with one attached hydrogen (secondary N) is 1. The van der Waals surface area contributed by atoms with Gasteiger partial charge in [-0.05, 0) is 32.6 Å². The van der Waals surface area contributed by atoms with Gasteiger partial charge in [0.25, 0.3) is 0 Å². The first-order valence-electron chi connectivity index (χ1n) is 6.49. The van der Waals surface area contributed by atoms with E-state index in [1.807, 2.05) is 13.0 Å². The number of ether oxygens (including phenoxy) is 1. The molecule has 1 aromatic heterocycles. The van der Waals surface area contributed by atoms with E-state index < -0.39 is 0 Å². The average molecular weight is 251 g/mol. The molecule has 1 aromatic rings. The maximum absolute atomic E-state index is 5.22. The molecule has 4 nitrogen and oxygen atoms in total. The first-order valence-corrected chi connectivity index (χ1v) is 6.49. The van der Waals surface area contributed by atoms with E-state index in [0.717, 1.165) is 37.6 Å². The highest BCUT2D eigenvalue weighted by Crippen LogP contribution is 2.02. The summed E-state index contributed by atoms with van der Waals surface area (Å²) < 4.78 is 5.22. The Morgan fingerprint density at radius 1 is 1.44 bits per heavy atom. The number of methoxy groups -OCH3 is 1. The molecule has 0 fully saturated rings. The molecule has 1 atom stereocenters. The van der Waals surface area contributed by atoms with Crippen molar-refractivity contribution in [2.24, 2.45) is 0 Å². The SMILES string of the molecule is CCNC(COC)CN(C)Cc1cccc(C)n1. The second-order valence-electron chi connectivity index (χ2n) is 4.68. The van der Waals surface area contributed by atoms with Gasteiger partial charge in [-0.15, -0.1) is 0 Å². The third-order valence-corrected chi connectivity index (χ3v) is 2.77. The smallest absolute Gasteiger partial charge is 0.0628 e. The van der Waals surface area contributed by atoms with Crippen LogP contribution in [-0.2, 0) is 11.3 Å². The zero-order valence-electron chi connectivity index (χ0n) is 11.9. The fraction of sp³-hybridized carbons (Fsp3) is 0.643. The van der Waals surface area contributed by atoms with Crippen molar-refractivity contribution in [1.29, 1.82) is 0 Å². The molecule has 1 rings (SSSR count). The lowest BCUT2D eigenvalue weighted by molar-refractivity contribution is 0.144. The van der Waals surface area contributed by atoms with Crippen LogP contribution in [0.4, 0.5) is 0 Å². The lowest BCUT2D eigenvalue weighted by Gasteiger charge is -2.24. The Labute approximate surface area is 110 Å². The van der Waals surface area contributed by atoms with Crippen molar-refractivity contribution in [3.63, 3.8) is 0 Å². The van der Waals surface area contributed by atoms with Crippen LogP contribution in [-0.4, -0.2) is 49.8 Å². The normalized spacial score (nSPS) is 12.9. The molecular formula is C14H25N3O. The van der Waals surface area contributed by atoms with Crippen molar-refractivity contribution in [3.8, 4) is 0 Å². The van der Waals surface area contributed by atoms with Crippen molar-refractivity contribution in [3.05, 3.63) is 29.6 Å². The van der Waals surface area contributed by atoms with E-state index in [-0.39, 0.29) is 0 Å². The first-order chi connectivity index (χ1) is 8.65.